The van der Waals surface area contributed by atoms with Gasteiger partial charge in [0.1, 0.15) is 5.25 Å². The fourth-order valence-corrected chi connectivity index (χ4v) is 4.51. The second kappa shape index (κ2) is 6.42. The second-order valence-electron chi connectivity index (χ2n) is 5.86. The Morgan fingerprint density at radius 1 is 1.27 bits per heavy atom. The zero-order chi connectivity index (χ0) is 15.7. The molecule has 0 bridgehead atoms. The van der Waals surface area contributed by atoms with Gasteiger partial charge in [-0.2, -0.15) is 0 Å². The summed E-state index contributed by atoms with van der Waals surface area (Å²) < 4.78 is 4.79. The predicted molar refractivity (Wildman–Crippen MR) is 81.9 cm³/mol. The number of allylic oxidation sites excluding steroid dienone is 2. The number of thioether (sulfide) groups is 1. The quantitative estimate of drug-likeness (QED) is 0.427. The number of nitrogens with zero attached hydrogens (tertiary/aromatic N) is 2. The molecule has 7 heteroatoms. The molecule has 3 aliphatic rings. The highest BCUT2D eigenvalue weighted by Gasteiger charge is 2.47. The Morgan fingerprint density at radius 3 is 2.50 bits per heavy atom. The molecule has 22 heavy (non-hydrogen) atoms. The van der Waals surface area contributed by atoms with E-state index < -0.39 is 0 Å². The molecule has 0 aromatic carbocycles. The number of ether oxygens (including phenoxy) is 1. The Morgan fingerprint density at radius 2 is 1.91 bits per heavy atom. The second-order valence-corrected chi connectivity index (χ2v) is 7.17. The molecule has 0 radical (unpaired) electrons. The highest BCUT2D eigenvalue weighted by molar-refractivity contribution is 8.00. The van der Waals surface area contributed by atoms with Crippen molar-refractivity contribution in [3.05, 3.63) is 12.2 Å². The molecule has 1 aliphatic carbocycles. The SMILES string of the molecule is COC(=O)[C@@H]1CN(CN2C(=O)[C@H]3CC=CC[C@H]3C2=O)CCS1. The Kier molecular flexibility index (Phi) is 4.54. The van der Waals surface area contributed by atoms with Gasteiger partial charge in [0.25, 0.3) is 0 Å². The van der Waals surface area contributed by atoms with Crippen molar-refractivity contribution in [2.75, 3.05) is 32.6 Å². The summed E-state index contributed by atoms with van der Waals surface area (Å²) in [5.74, 6) is 0.0527. The van der Waals surface area contributed by atoms with Gasteiger partial charge in [-0.25, -0.2) is 0 Å². The van der Waals surface area contributed by atoms with Gasteiger partial charge in [-0.05, 0) is 12.8 Å². The van der Waals surface area contributed by atoms with Crippen LogP contribution in [0.25, 0.3) is 0 Å². The van der Waals surface area contributed by atoms with E-state index in [2.05, 4.69) is 0 Å². The lowest BCUT2D eigenvalue weighted by Crippen LogP contribution is -2.48. The van der Waals surface area contributed by atoms with Crippen LogP contribution < -0.4 is 0 Å². The first kappa shape index (κ1) is 15.6. The van der Waals surface area contributed by atoms with Crippen molar-refractivity contribution in [1.82, 2.24) is 9.80 Å². The van der Waals surface area contributed by atoms with Crippen LogP contribution in [0, 0.1) is 11.8 Å². The molecular formula is C15H20N2O4S. The number of amides is 2. The minimum atomic E-state index is -0.244. The topological polar surface area (TPSA) is 66.9 Å². The maximum absolute atomic E-state index is 12.4. The van der Waals surface area contributed by atoms with Crippen molar-refractivity contribution in [3.63, 3.8) is 0 Å². The number of fused-ring (bicyclic) bond motifs is 1. The van der Waals surface area contributed by atoms with Gasteiger partial charge in [-0.15, -0.1) is 11.8 Å². The van der Waals surface area contributed by atoms with Gasteiger partial charge in [0.2, 0.25) is 11.8 Å². The molecule has 0 spiro atoms. The molecule has 0 N–H and O–H groups in total. The van der Waals surface area contributed by atoms with Crippen LogP contribution >= 0.6 is 11.8 Å². The van der Waals surface area contributed by atoms with E-state index in [4.69, 9.17) is 4.74 Å². The van der Waals surface area contributed by atoms with Gasteiger partial charge in [0.15, 0.2) is 0 Å². The number of rotatable bonds is 3. The largest absolute Gasteiger partial charge is 0.468 e. The molecule has 0 aromatic heterocycles. The number of hydrogen-bond donors (Lipinski definition) is 0. The summed E-state index contributed by atoms with van der Waals surface area (Å²) in [5, 5.41) is -0.240. The lowest BCUT2D eigenvalue weighted by molar-refractivity contribution is -0.142. The first-order chi connectivity index (χ1) is 10.6. The molecule has 2 fully saturated rings. The van der Waals surface area contributed by atoms with Crippen LogP contribution in [-0.4, -0.2) is 65.5 Å². The van der Waals surface area contributed by atoms with Gasteiger partial charge >= 0.3 is 5.97 Å². The van der Waals surface area contributed by atoms with Crippen LogP contribution in [-0.2, 0) is 19.1 Å². The summed E-state index contributed by atoms with van der Waals surface area (Å²) in [6, 6.07) is 0. The minimum Gasteiger partial charge on any atom is -0.468 e. The number of esters is 1. The molecule has 2 aliphatic heterocycles. The Labute approximate surface area is 133 Å². The molecule has 0 saturated carbocycles. The van der Waals surface area contributed by atoms with Gasteiger partial charge in [0.05, 0.1) is 25.6 Å². The van der Waals surface area contributed by atoms with E-state index >= 15 is 0 Å². The van der Waals surface area contributed by atoms with Crippen molar-refractivity contribution >= 4 is 29.5 Å². The number of carbonyl (C=O) groups is 3. The predicted octanol–water partition coefficient (Wildman–Crippen LogP) is 0.485. The first-order valence-electron chi connectivity index (χ1n) is 7.54. The van der Waals surface area contributed by atoms with E-state index in [0.29, 0.717) is 26.1 Å². The molecule has 3 rings (SSSR count). The first-order valence-corrected chi connectivity index (χ1v) is 8.58. The molecule has 2 saturated heterocycles. The molecule has 0 unspecified atom stereocenters. The molecule has 2 amide bonds. The van der Waals surface area contributed by atoms with Crippen LogP contribution in [0.15, 0.2) is 12.2 Å². The van der Waals surface area contributed by atoms with E-state index in [9.17, 15) is 14.4 Å². The van der Waals surface area contributed by atoms with Crippen LogP contribution in [0.1, 0.15) is 12.8 Å². The Bertz CT molecular complexity index is 496. The summed E-state index contributed by atoms with van der Waals surface area (Å²) in [6.07, 6.45) is 5.29. The van der Waals surface area contributed by atoms with Gasteiger partial charge in [-0.1, -0.05) is 12.2 Å². The van der Waals surface area contributed by atoms with Crippen molar-refractivity contribution in [2.45, 2.75) is 18.1 Å². The highest BCUT2D eigenvalue weighted by Crippen LogP contribution is 2.35. The third kappa shape index (κ3) is 2.79. The van der Waals surface area contributed by atoms with Gasteiger partial charge in [-0.3, -0.25) is 24.2 Å². The Balaban J connectivity index is 1.64. The van der Waals surface area contributed by atoms with Crippen molar-refractivity contribution in [2.24, 2.45) is 11.8 Å². The summed E-state index contributed by atoms with van der Waals surface area (Å²) >= 11 is 1.56. The molecule has 0 aromatic rings. The Hall–Kier alpha value is -1.34. The van der Waals surface area contributed by atoms with Crippen LogP contribution in [0.2, 0.25) is 0 Å². The van der Waals surface area contributed by atoms with Crippen molar-refractivity contribution in [3.8, 4) is 0 Å². The lowest BCUT2D eigenvalue weighted by atomic mass is 9.85. The van der Waals surface area contributed by atoms with Crippen molar-refractivity contribution < 1.29 is 19.1 Å². The number of likely N-dealkylation sites (tertiary alicyclic amines) is 1. The number of hydrogen-bond acceptors (Lipinski definition) is 6. The summed E-state index contributed by atoms with van der Waals surface area (Å²) in [5.41, 5.74) is 0. The highest BCUT2D eigenvalue weighted by atomic mass is 32.2. The average Bonchev–Trinajstić information content (AvgIpc) is 2.80. The fraction of sp³-hybridized carbons (Fsp3) is 0.667. The summed E-state index contributed by atoms with van der Waals surface area (Å²) in [7, 11) is 1.38. The monoisotopic (exact) mass is 324 g/mol. The van der Waals surface area contributed by atoms with Crippen LogP contribution in [0.3, 0.4) is 0 Å². The normalized spacial score (nSPS) is 32.2. The number of imide groups is 1. The summed E-state index contributed by atoms with van der Waals surface area (Å²) in [6.45, 7) is 1.57. The third-order valence-corrected chi connectivity index (χ3v) is 5.72. The molecular weight excluding hydrogens is 304 g/mol. The lowest BCUT2D eigenvalue weighted by Gasteiger charge is -2.33. The number of carbonyl (C=O) groups excluding carboxylic acids is 3. The molecule has 2 heterocycles. The zero-order valence-electron chi connectivity index (χ0n) is 12.6. The maximum Gasteiger partial charge on any atom is 0.320 e. The van der Waals surface area contributed by atoms with Crippen LogP contribution in [0.5, 0.6) is 0 Å². The average molecular weight is 324 g/mol. The van der Waals surface area contributed by atoms with Crippen LogP contribution in [0.4, 0.5) is 0 Å². The standard InChI is InChI=1S/C15H20N2O4S/c1-21-15(20)12-8-16(6-7-22-12)9-17-13(18)10-4-2-3-5-11(10)14(17)19/h2-3,10-12H,4-9H2,1H3/t10-,11+,12-/m0/s1. The molecule has 120 valence electrons. The smallest absolute Gasteiger partial charge is 0.320 e. The van der Waals surface area contributed by atoms with E-state index in [0.717, 1.165) is 12.3 Å². The van der Waals surface area contributed by atoms with Gasteiger partial charge in [0, 0.05) is 18.8 Å². The van der Waals surface area contributed by atoms with Crippen molar-refractivity contribution in [1.29, 1.82) is 0 Å². The third-order valence-electron chi connectivity index (χ3n) is 4.55. The van der Waals surface area contributed by atoms with E-state index in [-0.39, 0.29) is 34.9 Å². The maximum atomic E-state index is 12.4. The van der Waals surface area contributed by atoms with E-state index in [1.54, 1.807) is 11.8 Å². The van der Waals surface area contributed by atoms with E-state index in [1.807, 2.05) is 17.1 Å². The zero-order valence-corrected chi connectivity index (χ0v) is 13.4. The van der Waals surface area contributed by atoms with Gasteiger partial charge < -0.3 is 4.74 Å². The summed E-state index contributed by atoms with van der Waals surface area (Å²) in [4.78, 5) is 39.9. The molecule has 3 atom stereocenters. The molecule has 6 nitrogen and oxygen atoms in total. The fourth-order valence-electron chi connectivity index (χ4n) is 3.31. The van der Waals surface area contributed by atoms with E-state index in [1.165, 1.54) is 12.0 Å². The minimum absolute atomic E-state index is 0.0628. The number of methoxy groups -OCH3 is 1.